The number of aromatic nitrogens is 2. The van der Waals surface area contributed by atoms with E-state index in [0.29, 0.717) is 6.04 Å². The summed E-state index contributed by atoms with van der Waals surface area (Å²) in [5.74, 6) is 0.855. The molecule has 1 aliphatic carbocycles. The third kappa shape index (κ3) is 3.10. The molecule has 0 bridgehead atoms. The molecular formula is C17H23N3O. The second kappa shape index (κ2) is 6.31. The lowest BCUT2D eigenvalue weighted by molar-refractivity contribution is 0.414. The molecule has 0 spiro atoms. The summed E-state index contributed by atoms with van der Waals surface area (Å²) in [6.07, 6.45) is 7.31. The molecule has 2 aromatic rings. The Kier molecular flexibility index (Phi) is 4.25. The first-order valence-electron chi connectivity index (χ1n) is 7.69. The number of nitrogens with one attached hydrogen (secondary N) is 1. The topological polar surface area (TPSA) is 39.1 Å². The molecule has 112 valence electrons. The number of ether oxygens (including phenoxy) is 1. The van der Waals surface area contributed by atoms with Gasteiger partial charge in [0.25, 0.3) is 0 Å². The fourth-order valence-corrected chi connectivity index (χ4v) is 3.00. The van der Waals surface area contributed by atoms with Crippen molar-refractivity contribution < 1.29 is 4.74 Å². The van der Waals surface area contributed by atoms with Gasteiger partial charge in [0.05, 0.1) is 19.0 Å². The van der Waals surface area contributed by atoms with Crippen LogP contribution in [0.3, 0.4) is 0 Å². The number of hydrogen-bond donors (Lipinski definition) is 1. The van der Waals surface area contributed by atoms with Gasteiger partial charge in [0, 0.05) is 29.9 Å². The Hall–Kier alpha value is -1.81. The number of methoxy groups -OCH3 is 1. The standard InChI is InChI=1S/C17H23N3O/c1-13-14(11-18-15-6-3-4-7-15)12-19-20(13)16-8-5-9-17(10-16)21-2/h5,8-10,12,15,18H,3-4,6-7,11H2,1-2H3. The van der Waals surface area contributed by atoms with Gasteiger partial charge in [-0.2, -0.15) is 5.10 Å². The molecule has 1 aromatic heterocycles. The highest BCUT2D eigenvalue weighted by atomic mass is 16.5. The van der Waals surface area contributed by atoms with E-state index < -0.39 is 0 Å². The first-order chi connectivity index (χ1) is 10.3. The molecule has 0 amide bonds. The fraction of sp³-hybridized carbons (Fsp3) is 0.471. The van der Waals surface area contributed by atoms with Crippen molar-refractivity contribution in [1.29, 1.82) is 0 Å². The van der Waals surface area contributed by atoms with Crippen LogP contribution in [0.5, 0.6) is 5.75 Å². The predicted octanol–water partition coefficient (Wildman–Crippen LogP) is 3.22. The number of benzene rings is 1. The van der Waals surface area contributed by atoms with Gasteiger partial charge < -0.3 is 10.1 Å². The van der Waals surface area contributed by atoms with E-state index >= 15 is 0 Å². The summed E-state index contributed by atoms with van der Waals surface area (Å²) in [4.78, 5) is 0. The van der Waals surface area contributed by atoms with Gasteiger partial charge in [0.15, 0.2) is 0 Å². The Bertz CT molecular complexity index is 600. The molecule has 0 unspecified atom stereocenters. The lowest BCUT2D eigenvalue weighted by atomic mass is 10.2. The molecule has 1 aromatic carbocycles. The lowest BCUT2D eigenvalue weighted by Gasteiger charge is -2.11. The number of rotatable bonds is 5. The molecule has 4 heteroatoms. The van der Waals surface area contributed by atoms with Crippen LogP contribution in [-0.2, 0) is 6.54 Å². The Morgan fingerprint density at radius 3 is 2.90 bits per heavy atom. The van der Waals surface area contributed by atoms with Crippen LogP contribution in [0.4, 0.5) is 0 Å². The smallest absolute Gasteiger partial charge is 0.121 e. The number of nitrogens with zero attached hydrogens (tertiary/aromatic N) is 2. The molecule has 3 rings (SSSR count). The molecule has 1 heterocycles. The van der Waals surface area contributed by atoms with Crippen molar-refractivity contribution in [2.75, 3.05) is 7.11 Å². The molecule has 0 radical (unpaired) electrons. The zero-order valence-corrected chi connectivity index (χ0v) is 12.8. The van der Waals surface area contributed by atoms with Gasteiger partial charge in [0.1, 0.15) is 5.75 Å². The Morgan fingerprint density at radius 1 is 1.33 bits per heavy atom. The van der Waals surface area contributed by atoms with Crippen LogP contribution in [0.1, 0.15) is 36.9 Å². The maximum Gasteiger partial charge on any atom is 0.121 e. The highest BCUT2D eigenvalue weighted by molar-refractivity contribution is 5.40. The van der Waals surface area contributed by atoms with Crippen molar-refractivity contribution in [2.45, 2.75) is 45.2 Å². The van der Waals surface area contributed by atoms with Gasteiger partial charge in [-0.25, -0.2) is 4.68 Å². The molecule has 4 nitrogen and oxygen atoms in total. The van der Waals surface area contributed by atoms with Gasteiger partial charge in [-0.1, -0.05) is 18.9 Å². The largest absolute Gasteiger partial charge is 0.497 e. The molecule has 1 N–H and O–H groups in total. The SMILES string of the molecule is COc1cccc(-n2ncc(CNC3CCCC3)c2C)c1. The summed E-state index contributed by atoms with van der Waals surface area (Å²) in [6.45, 7) is 3.03. The summed E-state index contributed by atoms with van der Waals surface area (Å²) in [5.41, 5.74) is 3.50. The van der Waals surface area contributed by atoms with Gasteiger partial charge in [-0.05, 0) is 31.9 Å². The van der Waals surface area contributed by atoms with Crippen LogP contribution in [0.25, 0.3) is 5.69 Å². The lowest BCUT2D eigenvalue weighted by Crippen LogP contribution is -2.25. The van der Waals surface area contributed by atoms with Gasteiger partial charge in [-0.15, -0.1) is 0 Å². The third-order valence-electron chi connectivity index (χ3n) is 4.35. The molecule has 1 saturated carbocycles. The highest BCUT2D eigenvalue weighted by Crippen LogP contribution is 2.21. The quantitative estimate of drug-likeness (QED) is 0.916. The van der Waals surface area contributed by atoms with Crippen LogP contribution >= 0.6 is 0 Å². The van der Waals surface area contributed by atoms with Crippen LogP contribution in [-0.4, -0.2) is 22.9 Å². The molecule has 1 aliphatic rings. The van der Waals surface area contributed by atoms with Crippen LogP contribution < -0.4 is 10.1 Å². The van der Waals surface area contributed by atoms with Crippen LogP contribution in [0.15, 0.2) is 30.5 Å². The van der Waals surface area contributed by atoms with E-state index in [1.165, 1.54) is 36.9 Å². The van der Waals surface area contributed by atoms with E-state index in [2.05, 4.69) is 23.4 Å². The minimum absolute atomic E-state index is 0.685. The average molecular weight is 285 g/mol. The maximum atomic E-state index is 5.28. The summed E-state index contributed by atoms with van der Waals surface area (Å²) >= 11 is 0. The normalized spacial score (nSPS) is 15.5. The predicted molar refractivity (Wildman–Crippen MR) is 83.9 cm³/mol. The second-order valence-corrected chi connectivity index (χ2v) is 5.73. The van der Waals surface area contributed by atoms with Gasteiger partial charge >= 0.3 is 0 Å². The Labute approximate surface area is 126 Å². The van der Waals surface area contributed by atoms with E-state index in [9.17, 15) is 0 Å². The van der Waals surface area contributed by atoms with Crippen molar-refractivity contribution in [3.8, 4) is 11.4 Å². The monoisotopic (exact) mass is 285 g/mol. The summed E-state index contributed by atoms with van der Waals surface area (Å²) in [5, 5.41) is 8.18. The molecular weight excluding hydrogens is 262 g/mol. The Morgan fingerprint density at radius 2 is 2.14 bits per heavy atom. The highest BCUT2D eigenvalue weighted by Gasteiger charge is 2.15. The van der Waals surface area contributed by atoms with Crippen molar-refractivity contribution in [1.82, 2.24) is 15.1 Å². The van der Waals surface area contributed by atoms with Crippen molar-refractivity contribution >= 4 is 0 Å². The van der Waals surface area contributed by atoms with E-state index in [1.54, 1.807) is 7.11 Å². The first-order valence-corrected chi connectivity index (χ1v) is 7.69. The van der Waals surface area contributed by atoms with Gasteiger partial charge in [0.2, 0.25) is 0 Å². The molecule has 1 fully saturated rings. The minimum Gasteiger partial charge on any atom is -0.497 e. The molecule has 0 saturated heterocycles. The van der Waals surface area contributed by atoms with Crippen molar-refractivity contribution in [2.24, 2.45) is 0 Å². The summed E-state index contributed by atoms with van der Waals surface area (Å²) in [7, 11) is 1.69. The molecule has 0 aliphatic heterocycles. The third-order valence-corrected chi connectivity index (χ3v) is 4.35. The second-order valence-electron chi connectivity index (χ2n) is 5.73. The minimum atomic E-state index is 0.685. The van der Waals surface area contributed by atoms with Gasteiger partial charge in [-0.3, -0.25) is 0 Å². The molecule has 0 atom stereocenters. The Balaban J connectivity index is 1.74. The van der Waals surface area contributed by atoms with E-state index in [4.69, 9.17) is 4.74 Å². The van der Waals surface area contributed by atoms with Crippen LogP contribution in [0, 0.1) is 6.92 Å². The average Bonchev–Trinajstić information content (AvgIpc) is 3.15. The first kappa shape index (κ1) is 14.1. The maximum absolute atomic E-state index is 5.28. The zero-order chi connectivity index (χ0) is 14.7. The van der Waals surface area contributed by atoms with Crippen molar-refractivity contribution in [3.05, 3.63) is 41.7 Å². The van der Waals surface area contributed by atoms with Crippen molar-refractivity contribution in [3.63, 3.8) is 0 Å². The number of hydrogen-bond acceptors (Lipinski definition) is 3. The van der Waals surface area contributed by atoms with E-state index in [0.717, 1.165) is 18.0 Å². The van der Waals surface area contributed by atoms with Crippen LogP contribution in [0.2, 0.25) is 0 Å². The van der Waals surface area contributed by atoms with E-state index in [-0.39, 0.29) is 0 Å². The fourth-order valence-electron chi connectivity index (χ4n) is 3.00. The van der Waals surface area contributed by atoms with E-state index in [1.807, 2.05) is 29.1 Å². The zero-order valence-electron chi connectivity index (χ0n) is 12.8. The summed E-state index contributed by atoms with van der Waals surface area (Å²) < 4.78 is 7.26. The molecule has 21 heavy (non-hydrogen) atoms. The summed E-state index contributed by atoms with van der Waals surface area (Å²) in [6, 6.07) is 8.69.